The molecule has 27 heavy (non-hydrogen) atoms. The van der Waals surface area contributed by atoms with E-state index in [2.05, 4.69) is 39.1 Å². The van der Waals surface area contributed by atoms with Gasteiger partial charge in [0.15, 0.2) is 0 Å². The van der Waals surface area contributed by atoms with Crippen LogP contribution in [0, 0.1) is 19.3 Å². The Hall–Kier alpha value is 1.43. The first-order chi connectivity index (χ1) is 12.3. The third-order valence-corrected chi connectivity index (χ3v) is 12.0. The molecule has 0 aromatic rings. The van der Waals surface area contributed by atoms with Gasteiger partial charge in [-0.15, -0.1) is 5.54 Å². The standard InChI is InChI=1S/C20H39N2Si.CH3.2ClH.Ti/c1-6-23(5,21-20(2,3)4)19-15-18(22-13-9-10-14-22)16-11-7-8-12-17(16)19;;;;/h16-19H,6-15H2,1-5H3;1H3;2*1H;/q2*-1;;;+2/p-2/t16?,17?,18?,19?,23-;;;;/m0..../s1. The second-order valence-electron chi connectivity index (χ2n) is 9.83. The van der Waals surface area contributed by atoms with Gasteiger partial charge in [-0.25, -0.2) is 0 Å². The summed E-state index contributed by atoms with van der Waals surface area (Å²) < 4.78 is 0. The number of hydrogen-bond donors (Lipinski definition) is 0. The van der Waals surface area contributed by atoms with Gasteiger partial charge in [0.25, 0.3) is 0 Å². The number of nitrogens with zero attached hydrogens (tertiary/aromatic N) is 2. The Kier molecular flexibility index (Phi) is 11.5. The molecule has 1 aliphatic heterocycles. The van der Waals surface area contributed by atoms with E-state index in [4.69, 9.17) is 23.6 Å². The van der Waals surface area contributed by atoms with Gasteiger partial charge in [0.05, 0.1) is 0 Å². The van der Waals surface area contributed by atoms with Crippen molar-refractivity contribution in [3.05, 3.63) is 12.4 Å². The number of rotatable bonds is 4. The van der Waals surface area contributed by atoms with Crippen LogP contribution in [0.2, 0.25) is 18.1 Å². The van der Waals surface area contributed by atoms with Gasteiger partial charge in [-0.05, 0) is 50.6 Å². The van der Waals surface area contributed by atoms with E-state index < -0.39 is 25.3 Å². The molecule has 5 atom stereocenters. The SMILES string of the molecule is CC[Si@](C)([N-]C(C)(C)C)C1CC(N2CCCC2)C2CCCCC21.[CH3-].[Cl][Ti][Cl]. The van der Waals surface area contributed by atoms with Crippen LogP contribution in [0.1, 0.15) is 72.6 Å². The zero-order valence-electron chi connectivity index (χ0n) is 18.5. The van der Waals surface area contributed by atoms with Crippen molar-refractivity contribution in [2.45, 2.75) is 102 Å². The summed E-state index contributed by atoms with van der Waals surface area (Å²) in [5.41, 5.74) is 1.09. The van der Waals surface area contributed by atoms with Crippen molar-refractivity contribution in [1.82, 2.24) is 4.90 Å². The number of hydrogen-bond acceptors (Lipinski definition) is 1. The average molecular weight is 469 g/mol. The van der Waals surface area contributed by atoms with Gasteiger partial charge in [-0.3, -0.25) is 0 Å². The van der Waals surface area contributed by atoms with Crippen LogP contribution in [-0.2, 0) is 17.0 Å². The van der Waals surface area contributed by atoms with Crippen LogP contribution in [0.3, 0.4) is 0 Å². The summed E-state index contributed by atoms with van der Waals surface area (Å²) in [6, 6.07) is 2.24. The Morgan fingerprint density at radius 2 is 1.56 bits per heavy atom. The average Bonchev–Trinajstić information content (AvgIpc) is 3.21. The molecule has 3 aliphatic rings. The van der Waals surface area contributed by atoms with E-state index in [1.807, 2.05) is 0 Å². The van der Waals surface area contributed by atoms with Crippen molar-refractivity contribution in [2.75, 3.05) is 13.1 Å². The molecule has 2 aliphatic carbocycles. The first-order valence-electron chi connectivity index (χ1n) is 10.7. The van der Waals surface area contributed by atoms with Crippen LogP contribution in [0.4, 0.5) is 0 Å². The first-order valence-corrected chi connectivity index (χ1v) is 17.7. The van der Waals surface area contributed by atoms with Crippen LogP contribution in [0.15, 0.2) is 0 Å². The summed E-state index contributed by atoms with van der Waals surface area (Å²) in [4.78, 5) is 8.39. The predicted molar refractivity (Wildman–Crippen MR) is 122 cm³/mol. The van der Waals surface area contributed by atoms with E-state index in [1.165, 1.54) is 64.1 Å². The maximum atomic E-state index is 5.51. The van der Waals surface area contributed by atoms with Crippen LogP contribution in [0.25, 0.3) is 4.98 Å². The second kappa shape index (κ2) is 11.7. The Balaban J connectivity index is 0.000000855. The summed E-state index contributed by atoms with van der Waals surface area (Å²) in [6.45, 7) is 14.8. The molecule has 3 rings (SSSR count). The fraction of sp³-hybridized carbons (Fsp3) is 0.952. The van der Waals surface area contributed by atoms with Gasteiger partial charge >= 0.3 is 35.6 Å². The fourth-order valence-electron chi connectivity index (χ4n) is 6.17. The van der Waals surface area contributed by atoms with E-state index in [0.717, 1.165) is 23.4 Å². The van der Waals surface area contributed by atoms with E-state index in [9.17, 15) is 0 Å². The molecule has 1 heterocycles. The van der Waals surface area contributed by atoms with Crippen molar-refractivity contribution in [2.24, 2.45) is 11.8 Å². The minimum atomic E-state index is -1.53. The molecule has 3 fully saturated rings. The number of halogens is 2. The number of fused-ring (bicyclic) bond motifs is 1. The van der Waals surface area contributed by atoms with E-state index >= 15 is 0 Å². The normalized spacial score (nSPS) is 33.3. The van der Waals surface area contributed by atoms with Gasteiger partial charge in [0.1, 0.15) is 0 Å². The van der Waals surface area contributed by atoms with Crippen LogP contribution in [0.5, 0.6) is 0 Å². The van der Waals surface area contributed by atoms with Crippen molar-refractivity contribution < 1.29 is 17.0 Å². The summed E-state index contributed by atoms with van der Waals surface area (Å²) in [5, 5.41) is 0. The second-order valence-corrected chi connectivity index (χ2v) is 16.8. The monoisotopic (exact) mass is 468 g/mol. The van der Waals surface area contributed by atoms with Gasteiger partial charge in [-0.1, -0.05) is 73.3 Å². The van der Waals surface area contributed by atoms with Gasteiger partial charge in [0, 0.05) is 6.04 Å². The molecule has 0 bridgehead atoms. The minimum absolute atomic E-state index is 0. The van der Waals surface area contributed by atoms with Crippen molar-refractivity contribution >= 4 is 26.8 Å². The molecule has 1 saturated heterocycles. The fourth-order valence-corrected chi connectivity index (χ4v) is 10.6. The summed E-state index contributed by atoms with van der Waals surface area (Å²) >= 11 is -0.556. The van der Waals surface area contributed by atoms with E-state index in [-0.39, 0.29) is 13.0 Å². The summed E-state index contributed by atoms with van der Waals surface area (Å²) in [6.07, 6.45) is 10.3. The maximum absolute atomic E-state index is 5.51. The molecule has 0 N–H and O–H groups in total. The van der Waals surface area contributed by atoms with Gasteiger partial charge in [-0.2, -0.15) is 0 Å². The van der Waals surface area contributed by atoms with Crippen molar-refractivity contribution in [3.63, 3.8) is 0 Å². The zero-order valence-corrected chi connectivity index (χ0v) is 22.6. The van der Waals surface area contributed by atoms with Crippen LogP contribution in [-0.4, -0.2) is 37.8 Å². The Morgan fingerprint density at radius 3 is 2.04 bits per heavy atom. The van der Waals surface area contributed by atoms with Gasteiger partial charge in [0.2, 0.25) is 0 Å². The molecule has 4 unspecified atom stereocenters. The topological polar surface area (TPSA) is 17.3 Å². The number of likely N-dealkylation sites (tertiary alicyclic amines) is 1. The van der Waals surface area contributed by atoms with Crippen LogP contribution >= 0.6 is 18.6 Å². The van der Waals surface area contributed by atoms with E-state index in [1.54, 1.807) is 0 Å². The van der Waals surface area contributed by atoms with Crippen molar-refractivity contribution in [3.8, 4) is 0 Å². The molecule has 2 nitrogen and oxygen atoms in total. The molecular weight excluding hydrogens is 427 g/mol. The molecule has 0 aromatic heterocycles. The molecule has 0 amide bonds. The first kappa shape index (κ1) is 26.5. The van der Waals surface area contributed by atoms with Gasteiger partial charge < -0.3 is 17.3 Å². The molecule has 160 valence electrons. The third-order valence-electron chi connectivity index (χ3n) is 7.10. The molecule has 2 saturated carbocycles. The summed E-state index contributed by atoms with van der Waals surface area (Å²) in [7, 11) is 8.25. The van der Waals surface area contributed by atoms with E-state index in [0.29, 0.717) is 0 Å². The third kappa shape index (κ3) is 6.98. The Morgan fingerprint density at radius 1 is 1.04 bits per heavy atom. The quantitative estimate of drug-likeness (QED) is 0.306. The predicted octanol–water partition coefficient (Wildman–Crippen LogP) is 7.63. The molecule has 0 radical (unpaired) electrons. The Bertz CT molecular complexity index is 429. The zero-order chi connectivity index (χ0) is 19.4. The molecular formula is C21H42Cl2N2SiTi-2. The molecule has 0 spiro atoms. The molecule has 0 aromatic carbocycles. The van der Waals surface area contributed by atoms with Crippen LogP contribution < -0.4 is 0 Å². The molecule has 6 heteroatoms. The van der Waals surface area contributed by atoms with Crippen molar-refractivity contribution in [1.29, 1.82) is 0 Å². The Labute approximate surface area is 187 Å². The summed E-state index contributed by atoms with van der Waals surface area (Å²) in [5.74, 6) is 2.00.